The quantitative estimate of drug-likeness (QED) is 0.769. The molecule has 1 N–H and O–H groups in total. The van der Waals surface area contributed by atoms with Crippen molar-refractivity contribution >= 4 is 17.5 Å². The summed E-state index contributed by atoms with van der Waals surface area (Å²) in [5.74, 6) is 0.476. The molecule has 0 radical (unpaired) electrons. The fourth-order valence-electron chi connectivity index (χ4n) is 1.63. The van der Waals surface area contributed by atoms with Gasteiger partial charge in [-0.25, -0.2) is 0 Å². The van der Waals surface area contributed by atoms with Crippen LogP contribution in [-0.4, -0.2) is 11.9 Å². The Labute approximate surface area is 108 Å². The highest BCUT2D eigenvalue weighted by Gasteiger charge is 2.08. The number of carbonyl (C=O) groups is 1. The van der Waals surface area contributed by atoms with E-state index in [9.17, 15) is 4.79 Å². The van der Waals surface area contributed by atoms with E-state index in [0.717, 1.165) is 24.8 Å². The van der Waals surface area contributed by atoms with Crippen molar-refractivity contribution in [2.75, 3.05) is 0 Å². The second-order valence-electron chi connectivity index (χ2n) is 4.35. The zero-order chi connectivity index (χ0) is 12.7. The summed E-state index contributed by atoms with van der Waals surface area (Å²) in [6.45, 7) is 4.19. The van der Waals surface area contributed by atoms with Crippen molar-refractivity contribution in [2.24, 2.45) is 0 Å². The van der Waals surface area contributed by atoms with Gasteiger partial charge in [0.2, 0.25) is 0 Å². The molecule has 1 rings (SSSR count). The van der Waals surface area contributed by atoms with Crippen molar-refractivity contribution in [2.45, 2.75) is 45.0 Å². The third-order valence-corrected chi connectivity index (χ3v) is 3.05. The van der Waals surface area contributed by atoms with E-state index in [-0.39, 0.29) is 11.9 Å². The molecule has 3 heteroatoms. The monoisotopic (exact) mass is 253 g/mol. The molecule has 94 valence electrons. The smallest absolute Gasteiger partial charge is 0.251 e. The van der Waals surface area contributed by atoms with Crippen molar-refractivity contribution in [3.63, 3.8) is 0 Å². The van der Waals surface area contributed by atoms with Crippen LogP contribution in [0.2, 0.25) is 0 Å². The van der Waals surface area contributed by atoms with Crippen LogP contribution in [-0.2, 0) is 5.88 Å². The van der Waals surface area contributed by atoms with E-state index in [0.29, 0.717) is 11.4 Å². The van der Waals surface area contributed by atoms with Crippen LogP contribution in [0.3, 0.4) is 0 Å². The summed E-state index contributed by atoms with van der Waals surface area (Å²) in [7, 11) is 0. The number of benzene rings is 1. The number of amides is 1. The molecule has 0 bridgehead atoms. The molecule has 1 atom stereocenters. The Morgan fingerprint density at radius 2 is 2.00 bits per heavy atom. The number of unbranched alkanes of at least 4 members (excludes halogenated alkanes) is 1. The van der Waals surface area contributed by atoms with Gasteiger partial charge in [-0.2, -0.15) is 0 Å². The van der Waals surface area contributed by atoms with Crippen molar-refractivity contribution in [3.8, 4) is 0 Å². The minimum atomic E-state index is -0.00488. The van der Waals surface area contributed by atoms with Gasteiger partial charge in [0.15, 0.2) is 0 Å². The van der Waals surface area contributed by atoms with Crippen LogP contribution in [0.15, 0.2) is 24.3 Å². The number of alkyl halides is 1. The van der Waals surface area contributed by atoms with Gasteiger partial charge >= 0.3 is 0 Å². The predicted octanol–water partition coefficient (Wildman–Crippen LogP) is 3.73. The molecule has 0 saturated heterocycles. The molecule has 1 amide bonds. The standard InChI is InChI=1S/C14H20ClNO/c1-3-4-5-11(2)16-14(17)13-8-6-12(10-15)7-9-13/h6-9,11H,3-5,10H2,1-2H3,(H,16,17). The van der Waals surface area contributed by atoms with E-state index in [4.69, 9.17) is 11.6 Å². The highest BCUT2D eigenvalue weighted by atomic mass is 35.5. The first-order valence-electron chi connectivity index (χ1n) is 6.13. The SMILES string of the molecule is CCCCC(C)NC(=O)c1ccc(CCl)cc1. The first-order valence-corrected chi connectivity index (χ1v) is 6.66. The number of rotatable bonds is 6. The van der Waals surface area contributed by atoms with Crippen molar-refractivity contribution in [3.05, 3.63) is 35.4 Å². The first kappa shape index (κ1) is 14.0. The van der Waals surface area contributed by atoms with Crippen LogP contribution in [0.25, 0.3) is 0 Å². The van der Waals surface area contributed by atoms with E-state index in [1.165, 1.54) is 0 Å². The predicted molar refractivity (Wildman–Crippen MR) is 72.5 cm³/mol. The van der Waals surface area contributed by atoms with Crippen LogP contribution in [0.5, 0.6) is 0 Å². The van der Waals surface area contributed by atoms with Gasteiger partial charge in [0.1, 0.15) is 0 Å². The molecule has 0 spiro atoms. The molecule has 1 aromatic rings. The average Bonchev–Trinajstić information content (AvgIpc) is 2.36. The largest absolute Gasteiger partial charge is 0.350 e. The molecular formula is C14H20ClNO. The van der Waals surface area contributed by atoms with Gasteiger partial charge in [0.25, 0.3) is 5.91 Å². The lowest BCUT2D eigenvalue weighted by molar-refractivity contribution is 0.0938. The minimum Gasteiger partial charge on any atom is -0.350 e. The van der Waals surface area contributed by atoms with Crippen LogP contribution in [0.1, 0.15) is 49.0 Å². The maximum absolute atomic E-state index is 11.9. The van der Waals surface area contributed by atoms with Crippen LogP contribution in [0, 0.1) is 0 Å². The Balaban J connectivity index is 2.51. The number of nitrogens with one attached hydrogen (secondary N) is 1. The van der Waals surface area contributed by atoms with Crippen LogP contribution < -0.4 is 5.32 Å². The molecule has 0 aliphatic rings. The summed E-state index contributed by atoms with van der Waals surface area (Å²) in [4.78, 5) is 11.9. The third-order valence-electron chi connectivity index (χ3n) is 2.74. The van der Waals surface area contributed by atoms with Gasteiger partial charge in [0, 0.05) is 17.5 Å². The lowest BCUT2D eigenvalue weighted by Gasteiger charge is -2.13. The second kappa shape index (κ2) is 7.33. The van der Waals surface area contributed by atoms with Gasteiger partial charge < -0.3 is 5.32 Å². The van der Waals surface area contributed by atoms with E-state index in [1.54, 1.807) is 0 Å². The molecule has 0 fully saturated rings. The van der Waals surface area contributed by atoms with Crippen molar-refractivity contribution in [1.82, 2.24) is 5.32 Å². The Morgan fingerprint density at radius 3 is 2.53 bits per heavy atom. The summed E-state index contributed by atoms with van der Waals surface area (Å²) in [5, 5.41) is 3.00. The summed E-state index contributed by atoms with van der Waals surface area (Å²) >= 11 is 5.70. The number of carbonyl (C=O) groups excluding carboxylic acids is 1. The van der Waals surface area contributed by atoms with E-state index in [2.05, 4.69) is 12.2 Å². The Morgan fingerprint density at radius 1 is 1.35 bits per heavy atom. The van der Waals surface area contributed by atoms with Gasteiger partial charge in [-0.3, -0.25) is 4.79 Å². The number of halogens is 1. The van der Waals surface area contributed by atoms with Crippen molar-refractivity contribution in [1.29, 1.82) is 0 Å². The molecule has 0 aliphatic carbocycles. The van der Waals surface area contributed by atoms with Gasteiger partial charge in [-0.05, 0) is 31.0 Å². The molecule has 1 unspecified atom stereocenters. The highest BCUT2D eigenvalue weighted by molar-refractivity contribution is 6.17. The van der Waals surface area contributed by atoms with Gasteiger partial charge in [0.05, 0.1) is 0 Å². The maximum atomic E-state index is 11.9. The summed E-state index contributed by atoms with van der Waals surface area (Å²) in [5.41, 5.74) is 1.73. The summed E-state index contributed by atoms with van der Waals surface area (Å²) in [6.07, 6.45) is 3.33. The van der Waals surface area contributed by atoms with Crippen LogP contribution >= 0.6 is 11.6 Å². The summed E-state index contributed by atoms with van der Waals surface area (Å²) in [6, 6.07) is 7.64. The normalized spacial score (nSPS) is 12.2. The first-order chi connectivity index (χ1) is 8.17. The second-order valence-corrected chi connectivity index (χ2v) is 4.61. The van der Waals surface area contributed by atoms with Gasteiger partial charge in [-0.1, -0.05) is 31.9 Å². The zero-order valence-electron chi connectivity index (χ0n) is 10.5. The highest BCUT2D eigenvalue weighted by Crippen LogP contribution is 2.08. The lowest BCUT2D eigenvalue weighted by Crippen LogP contribution is -2.32. The number of hydrogen-bond acceptors (Lipinski definition) is 1. The molecule has 2 nitrogen and oxygen atoms in total. The average molecular weight is 254 g/mol. The molecule has 0 heterocycles. The topological polar surface area (TPSA) is 29.1 Å². The van der Waals surface area contributed by atoms with Crippen molar-refractivity contribution < 1.29 is 4.79 Å². The Bertz CT molecular complexity index is 348. The lowest BCUT2D eigenvalue weighted by atomic mass is 10.1. The van der Waals surface area contributed by atoms with Gasteiger partial charge in [-0.15, -0.1) is 11.6 Å². The molecule has 0 aromatic heterocycles. The molecule has 0 saturated carbocycles. The zero-order valence-corrected chi connectivity index (χ0v) is 11.3. The molecule has 17 heavy (non-hydrogen) atoms. The molecule has 1 aromatic carbocycles. The van der Waals surface area contributed by atoms with E-state index >= 15 is 0 Å². The molecule has 0 aliphatic heterocycles. The Hall–Kier alpha value is -1.02. The summed E-state index contributed by atoms with van der Waals surface area (Å²) < 4.78 is 0. The fourth-order valence-corrected chi connectivity index (χ4v) is 1.81. The number of hydrogen-bond donors (Lipinski definition) is 1. The van der Waals surface area contributed by atoms with E-state index in [1.807, 2.05) is 31.2 Å². The fraction of sp³-hybridized carbons (Fsp3) is 0.500. The van der Waals surface area contributed by atoms with E-state index < -0.39 is 0 Å². The minimum absolute atomic E-state index is 0.00488. The molecular weight excluding hydrogens is 234 g/mol. The Kier molecular flexibility index (Phi) is 6.06. The van der Waals surface area contributed by atoms with Crippen LogP contribution in [0.4, 0.5) is 0 Å². The third kappa shape index (κ3) is 4.78. The maximum Gasteiger partial charge on any atom is 0.251 e.